The SMILES string of the molecule is O=C(Oc1ccc(Cl)c(Cl)c1)N1CCCNCC1. The molecule has 4 nitrogen and oxygen atoms in total. The summed E-state index contributed by atoms with van der Waals surface area (Å²) in [4.78, 5) is 13.6. The average Bonchev–Trinajstić information content (AvgIpc) is 2.62. The van der Waals surface area contributed by atoms with Crippen molar-refractivity contribution in [1.29, 1.82) is 0 Å². The molecule has 1 fully saturated rings. The van der Waals surface area contributed by atoms with Gasteiger partial charge in [-0.25, -0.2) is 4.79 Å². The second-order valence-electron chi connectivity index (χ2n) is 4.03. The highest BCUT2D eigenvalue weighted by atomic mass is 35.5. The van der Waals surface area contributed by atoms with Gasteiger partial charge >= 0.3 is 6.09 Å². The van der Waals surface area contributed by atoms with E-state index in [1.54, 1.807) is 17.0 Å². The van der Waals surface area contributed by atoms with E-state index >= 15 is 0 Å². The molecule has 98 valence electrons. The summed E-state index contributed by atoms with van der Waals surface area (Å²) in [6.07, 6.45) is 0.577. The van der Waals surface area contributed by atoms with Gasteiger partial charge in [0, 0.05) is 25.7 Å². The van der Waals surface area contributed by atoms with Gasteiger partial charge < -0.3 is 15.0 Å². The molecule has 0 saturated carbocycles. The Bertz CT molecular complexity index is 432. The van der Waals surface area contributed by atoms with E-state index in [-0.39, 0.29) is 6.09 Å². The zero-order valence-electron chi connectivity index (χ0n) is 9.79. The number of nitrogens with zero attached hydrogens (tertiary/aromatic N) is 1. The van der Waals surface area contributed by atoms with Gasteiger partial charge in [-0.15, -0.1) is 0 Å². The van der Waals surface area contributed by atoms with E-state index in [4.69, 9.17) is 27.9 Å². The third kappa shape index (κ3) is 3.51. The standard InChI is InChI=1S/C12H14Cl2N2O2/c13-10-3-2-9(8-11(10)14)18-12(17)16-6-1-4-15-5-7-16/h2-3,8,15H,1,4-7H2. The first-order valence-electron chi connectivity index (χ1n) is 5.79. The van der Waals surface area contributed by atoms with Crippen LogP contribution in [0.2, 0.25) is 10.0 Å². The second-order valence-corrected chi connectivity index (χ2v) is 4.85. The third-order valence-electron chi connectivity index (χ3n) is 2.69. The molecule has 0 aliphatic carbocycles. The van der Waals surface area contributed by atoms with Crippen LogP contribution in [-0.4, -0.2) is 37.2 Å². The lowest BCUT2D eigenvalue weighted by Gasteiger charge is -2.19. The van der Waals surface area contributed by atoms with Crippen LogP contribution in [0.5, 0.6) is 5.75 Å². The van der Waals surface area contributed by atoms with Crippen molar-refractivity contribution in [1.82, 2.24) is 10.2 Å². The normalized spacial score (nSPS) is 16.2. The molecule has 1 heterocycles. The molecule has 1 saturated heterocycles. The maximum atomic E-state index is 11.9. The van der Waals surface area contributed by atoms with Crippen molar-refractivity contribution < 1.29 is 9.53 Å². The van der Waals surface area contributed by atoms with E-state index in [2.05, 4.69) is 5.32 Å². The summed E-state index contributed by atoms with van der Waals surface area (Å²) in [6.45, 7) is 3.07. The number of carbonyl (C=O) groups is 1. The summed E-state index contributed by atoms with van der Waals surface area (Å²) in [5, 5.41) is 4.04. The van der Waals surface area contributed by atoms with Crippen molar-refractivity contribution >= 4 is 29.3 Å². The van der Waals surface area contributed by atoms with Crippen molar-refractivity contribution in [2.45, 2.75) is 6.42 Å². The Morgan fingerprint density at radius 1 is 1.22 bits per heavy atom. The number of ether oxygens (including phenoxy) is 1. The highest BCUT2D eigenvalue weighted by Gasteiger charge is 2.17. The van der Waals surface area contributed by atoms with Crippen LogP contribution >= 0.6 is 23.2 Å². The summed E-state index contributed by atoms with van der Waals surface area (Å²) < 4.78 is 5.26. The van der Waals surface area contributed by atoms with Crippen LogP contribution in [0.3, 0.4) is 0 Å². The molecule has 2 rings (SSSR count). The van der Waals surface area contributed by atoms with Gasteiger partial charge in [0.15, 0.2) is 0 Å². The van der Waals surface area contributed by atoms with E-state index in [0.29, 0.717) is 28.9 Å². The number of hydrogen-bond donors (Lipinski definition) is 1. The molecular formula is C12H14Cl2N2O2. The quantitative estimate of drug-likeness (QED) is 0.864. The lowest BCUT2D eigenvalue weighted by atomic mass is 10.3. The number of carbonyl (C=O) groups excluding carboxylic acids is 1. The topological polar surface area (TPSA) is 41.6 Å². The van der Waals surface area contributed by atoms with Crippen LogP contribution in [0, 0.1) is 0 Å². The van der Waals surface area contributed by atoms with E-state index in [1.165, 1.54) is 6.07 Å². The van der Waals surface area contributed by atoms with Gasteiger partial charge in [0.1, 0.15) is 5.75 Å². The molecule has 0 unspecified atom stereocenters. The molecule has 0 aromatic heterocycles. The molecule has 1 amide bonds. The molecule has 0 spiro atoms. The van der Waals surface area contributed by atoms with Crippen LogP contribution in [0.25, 0.3) is 0 Å². The Labute approximate surface area is 116 Å². The Balaban J connectivity index is 1.99. The summed E-state index contributed by atoms with van der Waals surface area (Å²) in [7, 11) is 0. The van der Waals surface area contributed by atoms with Gasteiger partial charge in [0.2, 0.25) is 0 Å². The zero-order valence-corrected chi connectivity index (χ0v) is 11.3. The highest BCUT2D eigenvalue weighted by Crippen LogP contribution is 2.26. The summed E-state index contributed by atoms with van der Waals surface area (Å²) in [5.74, 6) is 0.409. The molecule has 0 radical (unpaired) electrons. The number of amides is 1. The maximum absolute atomic E-state index is 11.9. The van der Waals surface area contributed by atoms with Crippen molar-refractivity contribution in [3.63, 3.8) is 0 Å². The first-order chi connectivity index (χ1) is 8.66. The van der Waals surface area contributed by atoms with Gasteiger partial charge in [0.05, 0.1) is 10.0 Å². The minimum Gasteiger partial charge on any atom is -0.410 e. The fourth-order valence-electron chi connectivity index (χ4n) is 1.73. The predicted octanol–water partition coefficient (Wildman–Crippen LogP) is 2.79. The second kappa shape index (κ2) is 6.27. The van der Waals surface area contributed by atoms with Crippen molar-refractivity contribution in [3.05, 3.63) is 28.2 Å². The fourth-order valence-corrected chi connectivity index (χ4v) is 2.02. The first kappa shape index (κ1) is 13.5. The monoisotopic (exact) mass is 288 g/mol. The van der Waals surface area contributed by atoms with Gasteiger partial charge in [-0.05, 0) is 25.1 Å². The highest BCUT2D eigenvalue weighted by molar-refractivity contribution is 6.42. The molecule has 1 aromatic carbocycles. The summed E-state index contributed by atoms with van der Waals surface area (Å²) >= 11 is 11.7. The lowest BCUT2D eigenvalue weighted by molar-refractivity contribution is 0.155. The van der Waals surface area contributed by atoms with Crippen LogP contribution in [0.4, 0.5) is 4.79 Å². The van der Waals surface area contributed by atoms with E-state index < -0.39 is 0 Å². The van der Waals surface area contributed by atoms with Crippen molar-refractivity contribution in [2.75, 3.05) is 26.2 Å². The van der Waals surface area contributed by atoms with Gasteiger partial charge in [-0.3, -0.25) is 0 Å². The van der Waals surface area contributed by atoms with Crippen LogP contribution in [-0.2, 0) is 0 Å². The number of hydrogen-bond acceptors (Lipinski definition) is 3. The molecular weight excluding hydrogens is 275 g/mol. The molecule has 1 aromatic rings. The molecule has 0 bridgehead atoms. The Morgan fingerprint density at radius 3 is 2.83 bits per heavy atom. The summed E-state index contributed by atoms with van der Waals surface area (Å²) in [5.41, 5.74) is 0. The zero-order chi connectivity index (χ0) is 13.0. The molecule has 1 N–H and O–H groups in total. The molecule has 0 atom stereocenters. The van der Waals surface area contributed by atoms with E-state index in [1.807, 2.05) is 0 Å². The smallest absolute Gasteiger partial charge is 0.410 e. The number of nitrogens with one attached hydrogen (secondary N) is 1. The van der Waals surface area contributed by atoms with Crippen molar-refractivity contribution in [3.8, 4) is 5.75 Å². The van der Waals surface area contributed by atoms with Crippen LogP contribution in [0.15, 0.2) is 18.2 Å². The minimum absolute atomic E-state index is 0.350. The van der Waals surface area contributed by atoms with Crippen LogP contribution < -0.4 is 10.1 Å². The molecule has 1 aliphatic heterocycles. The van der Waals surface area contributed by atoms with Gasteiger partial charge in [0.25, 0.3) is 0 Å². The Kier molecular flexibility index (Phi) is 4.69. The van der Waals surface area contributed by atoms with Crippen LogP contribution in [0.1, 0.15) is 6.42 Å². The molecule has 6 heteroatoms. The number of halogens is 2. The maximum Gasteiger partial charge on any atom is 0.415 e. The third-order valence-corrected chi connectivity index (χ3v) is 3.43. The predicted molar refractivity (Wildman–Crippen MR) is 71.5 cm³/mol. The van der Waals surface area contributed by atoms with E-state index in [0.717, 1.165) is 19.5 Å². The van der Waals surface area contributed by atoms with Gasteiger partial charge in [-0.2, -0.15) is 0 Å². The molecule has 18 heavy (non-hydrogen) atoms. The Morgan fingerprint density at radius 2 is 2.06 bits per heavy atom. The average molecular weight is 289 g/mol. The lowest BCUT2D eigenvalue weighted by Crippen LogP contribution is -2.36. The van der Waals surface area contributed by atoms with E-state index in [9.17, 15) is 4.79 Å². The number of rotatable bonds is 1. The van der Waals surface area contributed by atoms with Gasteiger partial charge in [-0.1, -0.05) is 23.2 Å². The summed E-state index contributed by atoms with van der Waals surface area (Å²) in [6, 6.07) is 4.77. The molecule has 1 aliphatic rings. The number of benzene rings is 1. The fraction of sp³-hybridized carbons (Fsp3) is 0.417. The van der Waals surface area contributed by atoms with Crippen molar-refractivity contribution in [2.24, 2.45) is 0 Å². The Hall–Kier alpha value is -0.970. The largest absolute Gasteiger partial charge is 0.415 e. The first-order valence-corrected chi connectivity index (χ1v) is 6.55. The minimum atomic E-state index is -0.350.